The van der Waals surface area contributed by atoms with Crippen LogP contribution in [0.1, 0.15) is 42.5 Å². The summed E-state index contributed by atoms with van der Waals surface area (Å²) in [7, 11) is 0. The number of rotatable bonds is 14. The zero-order chi connectivity index (χ0) is 42.7. The number of hydrogen-bond donors (Lipinski definition) is 3. The SMILES string of the molecule is C=Cc1ccccc1/C(=C\C1C=CC=C(C(C)/C=C\C=C/O)C1)c1c(O)c(N(/C(C)=C/C=C\C(=C)c2ccccc2O)c2ccccc2-c2ccccc2)cc2ccccc12. The highest BCUT2D eigenvalue weighted by Crippen LogP contribution is 2.49. The first-order chi connectivity index (χ1) is 29.8. The Kier molecular flexibility index (Phi) is 13.3. The molecule has 7 rings (SSSR count). The molecule has 0 aliphatic heterocycles. The molecule has 3 N–H and O–H groups in total. The standard InChI is InChI=1S/C57H51NO3/c1-5-44-25-9-11-31-49(44)52(38-43-24-20-29-46(37-43)40(2)21-17-18-36-59)56-51-33-12-10-28-47(51)39-54(57(56)61)58(53-34-15-13-32-50(53)45-26-7-6-8-27-45)42(4)23-19-22-41(3)48-30-14-16-35-55(48)60/h5-36,38-40,43,59-61H,1,3,37H2,2,4H3/b21-17-,22-19-,36-18-,42-23+,52-38+. The molecule has 0 bridgehead atoms. The number of allylic oxidation sites excluding steroid dienone is 13. The van der Waals surface area contributed by atoms with Crippen molar-refractivity contribution >= 4 is 39.4 Å². The van der Waals surface area contributed by atoms with Gasteiger partial charge >= 0.3 is 0 Å². The third-order valence-electron chi connectivity index (χ3n) is 11.2. The van der Waals surface area contributed by atoms with Crippen LogP contribution in [0.3, 0.4) is 0 Å². The van der Waals surface area contributed by atoms with Crippen molar-refractivity contribution in [2.75, 3.05) is 4.90 Å². The van der Waals surface area contributed by atoms with Crippen LogP contribution < -0.4 is 4.90 Å². The number of phenolic OH excluding ortho intramolecular Hbond substituents is 2. The molecule has 0 heterocycles. The van der Waals surface area contributed by atoms with Crippen LogP contribution in [-0.2, 0) is 0 Å². The van der Waals surface area contributed by atoms with Gasteiger partial charge in [-0.25, -0.2) is 0 Å². The van der Waals surface area contributed by atoms with E-state index in [1.807, 2.05) is 104 Å². The Labute approximate surface area is 360 Å². The number of benzene rings is 6. The molecule has 1 aliphatic rings. The average Bonchev–Trinajstić information content (AvgIpc) is 3.29. The van der Waals surface area contributed by atoms with Crippen LogP contribution in [0.2, 0.25) is 0 Å². The molecule has 1 aliphatic carbocycles. The van der Waals surface area contributed by atoms with Gasteiger partial charge in [0.1, 0.15) is 11.5 Å². The maximum absolute atomic E-state index is 13.1. The van der Waals surface area contributed by atoms with Crippen molar-refractivity contribution < 1.29 is 15.3 Å². The monoisotopic (exact) mass is 797 g/mol. The second kappa shape index (κ2) is 19.5. The minimum Gasteiger partial charge on any atom is -0.516 e. The minimum atomic E-state index is 0.0257. The van der Waals surface area contributed by atoms with Gasteiger partial charge in [0.15, 0.2) is 0 Å². The Morgan fingerprint density at radius 2 is 1.49 bits per heavy atom. The van der Waals surface area contributed by atoms with E-state index in [-0.39, 0.29) is 23.3 Å². The van der Waals surface area contributed by atoms with Crippen molar-refractivity contribution in [2.24, 2.45) is 11.8 Å². The summed E-state index contributed by atoms with van der Waals surface area (Å²) in [4.78, 5) is 2.13. The van der Waals surface area contributed by atoms with Gasteiger partial charge in [-0.3, -0.25) is 0 Å². The van der Waals surface area contributed by atoms with Crippen molar-refractivity contribution in [3.8, 4) is 22.6 Å². The number of nitrogens with zero attached hydrogens (tertiary/aromatic N) is 1. The van der Waals surface area contributed by atoms with E-state index in [0.29, 0.717) is 16.8 Å². The number of aliphatic hydroxyl groups is 1. The first kappa shape index (κ1) is 41.6. The molecule has 61 heavy (non-hydrogen) atoms. The predicted molar refractivity (Wildman–Crippen MR) is 259 cm³/mol. The van der Waals surface area contributed by atoms with E-state index in [9.17, 15) is 15.3 Å². The molecule has 0 amide bonds. The summed E-state index contributed by atoms with van der Waals surface area (Å²) in [6.07, 6.45) is 23.9. The van der Waals surface area contributed by atoms with Crippen LogP contribution in [0.5, 0.6) is 11.5 Å². The fourth-order valence-corrected chi connectivity index (χ4v) is 8.05. The average molecular weight is 798 g/mol. The number of anilines is 2. The van der Waals surface area contributed by atoms with Crippen molar-refractivity contribution in [1.82, 2.24) is 0 Å². The highest BCUT2D eigenvalue weighted by molar-refractivity contribution is 6.05. The highest BCUT2D eigenvalue weighted by atomic mass is 16.3. The fraction of sp³-hybridized carbons (Fsp3) is 0.0877. The molecular formula is C57H51NO3. The third kappa shape index (κ3) is 9.35. The van der Waals surface area contributed by atoms with E-state index in [1.54, 1.807) is 18.2 Å². The van der Waals surface area contributed by atoms with Crippen molar-refractivity contribution in [2.45, 2.75) is 20.3 Å². The number of para-hydroxylation sites is 2. The lowest BCUT2D eigenvalue weighted by Gasteiger charge is -2.31. The van der Waals surface area contributed by atoms with Gasteiger partial charge in [-0.05, 0) is 94.1 Å². The first-order valence-corrected chi connectivity index (χ1v) is 20.6. The molecule has 2 atom stereocenters. The third-order valence-corrected chi connectivity index (χ3v) is 11.2. The molecule has 0 radical (unpaired) electrons. The van der Waals surface area contributed by atoms with Crippen molar-refractivity contribution in [3.05, 3.63) is 247 Å². The van der Waals surface area contributed by atoms with Gasteiger partial charge < -0.3 is 20.2 Å². The maximum Gasteiger partial charge on any atom is 0.148 e. The molecule has 0 aromatic heterocycles. The van der Waals surface area contributed by atoms with E-state index in [1.165, 1.54) is 5.57 Å². The predicted octanol–water partition coefficient (Wildman–Crippen LogP) is 15.1. The summed E-state index contributed by atoms with van der Waals surface area (Å²) in [5, 5.41) is 34.8. The summed E-state index contributed by atoms with van der Waals surface area (Å²) in [5.74, 6) is 0.503. The van der Waals surface area contributed by atoms with E-state index in [0.717, 1.165) is 68.2 Å². The van der Waals surface area contributed by atoms with Gasteiger partial charge in [0.25, 0.3) is 0 Å². The van der Waals surface area contributed by atoms with Crippen LogP contribution in [0.4, 0.5) is 11.4 Å². The Bertz CT molecular complexity index is 2780. The quantitative estimate of drug-likeness (QED) is 0.0759. The minimum absolute atomic E-state index is 0.0257. The molecule has 0 saturated heterocycles. The molecular weight excluding hydrogens is 747 g/mol. The Morgan fingerprint density at radius 3 is 2.28 bits per heavy atom. The fourth-order valence-electron chi connectivity index (χ4n) is 8.05. The van der Waals surface area contributed by atoms with E-state index in [4.69, 9.17) is 0 Å². The van der Waals surface area contributed by atoms with E-state index >= 15 is 0 Å². The van der Waals surface area contributed by atoms with Gasteiger partial charge in [0.2, 0.25) is 0 Å². The topological polar surface area (TPSA) is 63.9 Å². The zero-order valence-electron chi connectivity index (χ0n) is 34.7. The van der Waals surface area contributed by atoms with Gasteiger partial charge in [-0.2, -0.15) is 0 Å². The molecule has 0 fully saturated rings. The molecule has 302 valence electrons. The molecule has 6 aromatic rings. The smallest absolute Gasteiger partial charge is 0.148 e. The molecule has 0 saturated carbocycles. The van der Waals surface area contributed by atoms with E-state index in [2.05, 4.69) is 110 Å². The van der Waals surface area contributed by atoms with Gasteiger partial charge in [-0.1, -0.05) is 196 Å². The van der Waals surface area contributed by atoms with Crippen molar-refractivity contribution in [3.63, 3.8) is 0 Å². The Morgan fingerprint density at radius 1 is 0.787 bits per heavy atom. The van der Waals surface area contributed by atoms with Gasteiger partial charge in [0, 0.05) is 22.4 Å². The van der Waals surface area contributed by atoms with Gasteiger partial charge in [0.05, 0.1) is 17.6 Å². The maximum atomic E-state index is 13.1. The summed E-state index contributed by atoms with van der Waals surface area (Å²) in [6.45, 7) is 12.6. The molecule has 4 nitrogen and oxygen atoms in total. The molecule has 2 unspecified atom stereocenters. The lowest BCUT2D eigenvalue weighted by Crippen LogP contribution is -2.16. The summed E-state index contributed by atoms with van der Waals surface area (Å²) in [5.41, 5.74) is 10.6. The second-order valence-electron chi connectivity index (χ2n) is 15.1. The highest BCUT2D eigenvalue weighted by Gasteiger charge is 2.26. The summed E-state index contributed by atoms with van der Waals surface area (Å²) in [6, 6.07) is 44.3. The summed E-state index contributed by atoms with van der Waals surface area (Å²) >= 11 is 0. The lowest BCUT2D eigenvalue weighted by atomic mass is 9.82. The molecule has 4 heteroatoms. The molecule has 6 aromatic carbocycles. The largest absolute Gasteiger partial charge is 0.516 e. The van der Waals surface area contributed by atoms with Crippen LogP contribution in [0.15, 0.2) is 225 Å². The second-order valence-corrected chi connectivity index (χ2v) is 15.1. The van der Waals surface area contributed by atoms with Crippen molar-refractivity contribution in [1.29, 1.82) is 0 Å². The normalized spacial score (nSPS) is 15.1. The number of aromatic hydroxyl groups is 2. The van der Waals surface area contributed by atoms with Crippen LogP contribution in [0, 0.1) is 11.8 Å². The van der Waals surface area contributed by atoms with Crippen LogP contribution >= 0.6 is 0 Å². The van der Waals surface area contributed by atoms with Crippen LogP contribution in [0.25, 0.3) is 39.1 Å². The Hall–Kier alpha value is -7.56. The van der Waals surface area contributed by atoms with Crippen LogP contribution in [-0.4, -0.2) is 15.3 Å². The lowest BCUT2D eigenvalue weighted by molar-refractivity contribution is 0.473. The summed E-state index contributed by atoms with van der Waals surface area (Å²) < 4.78 is 0. The number of aliphatic hydroxyl groups excluding tert-OH is 1. The number of fused-ring (bicyclic) bond motifs is 1. The first-order valence-electron chi connectivity index (χ1n) is 20.6. The molecule has 0 spiro atoms. The number of hydrogen-bond acceptors (Lipinski definition) is 4. The van der Waals surface area contributed by atoms with E-state index < -0.39 is 0 Å². The van der Waals surface area contributed by atoms with Gasteiger partial charge in [-0.15, -0.1) is 0 Å². The zero-order valence-corrected chi connectivity index (χ0v) is 34.7. The Balaban J connectivity index is 1.46. The number of phenols is 2.